The number of anilines is 2. The van der Waals surface area contributed by atoms with Gasteiger partial charge < -0.3 is 14.8 Å². The fourth-order valence-corrected chi connectivity index (χ4v) is 6.18. The Morgan fingerprint density at radius 1 is 0.974 bits per heavy atom. The van der Waals surface area contributed by atoms with Crippen molar-refractivity contribution < 1.29 is 8.42 Å². The van der Waals surface area contributed by atoms with Gasteiger partial charge in [-0.2, -0.15) is 0 Å². The van der Waals surface area contributed by atoms with Crippen molar-refractivity contribution >= 4 is 38.7 Å². The monoisotopic (exact) mass is 545 g/mol. The Kier molecular flexibility index (Phi) is 6.75. The lowest BCUT2D eigenvalue weighted by Crippen LogP contribution is -2.29. The smallest absolute Gasteiger partial charge is 0.229 e. The molecule has 3 heterocycles. The van der Waals surface area contributed by atoms with E-state index in [9.17, 15) is 8.42 Å². The summed E-state index contributed by atoms with van der Waals surface area (Å²) >= 11 is 5.88. The number of hydrogen-bond donors (Lipinski definition) is 2. The molecule has 4 aromatic rings. The van der Waals surface area contributed by atoms with Crippen LogP contribution in [0.25, 0.3) is 5.69 Å². The summed E-state index contributed by atoms with van der Waals surface area (Å²) in [5, 5.41) is 4.10. The summed E-state index contributed by atoms with van der Waals surface area (Å²) < 4.78 is 28.2. The Bertz CT molecular complexity index is 1610. The van der Waals surface area contributed by atoms with E-state index in [-0.39, 0.29) is 12.1 Å². The van der Waals surface area contributed by atoms with E-state index >= 15 is 0 Å². The Balaban J connectivity index is 1.65. The molecule has 0 saturated carbocycles. The molecule has 196 valence electrons. The van der Waals surface area contributed by atoms with Crippen molar-refractivity contribution in [3.05, 3.63) is 107 Å². The summed E-state index contributed by atoms with van der Waals surface area (Å²) in [7, 11) is -3.37. The van der Waals surface area contributed by atoms with Gasteiger partial charge in [0.1, 0.15) is 0 Å². The van der Waals surface area contributed by atoms with Gasteiger partial charge in [-0.3, -0.25) is 9.71 Å². The number of nitrogens with one attached hydrogen (secondary N) is 2. The quantitative estimate of drug-likeness (QED) is 0.305. The molecule has 0 spiro atoms. The molecule has 2 aromatic heterocycles. The zero-order valence-electron chi connectivity index (χ0n) is 22.1. The zero-order chi connectivity index (χ0) is 27.2. The number of aryl methyl sites for hydroxylation is 3. The van der Waals surface area contributed by atoms with E-state index in [1.54, 1.807) is 18.3 Å². The normalized spacial score (nSPS) is 17.5. The molecule has 2 atom stereocenters. The van der Waals surface area contributed by atoms with E-state index in [4.69, 9.17) is 12.2 Å². The summed E-state index contributed by atoms with van der Waals surface area (Å²) in [4.78, 5) is 6.77. The maximum Gasteiger partial charge on any atom is 0.229 e. The van der Waals surface area contributed by atoms with Crippen LogP contribution in [0.15, 0.2) is 72.9 Å². The number of aromatic nitrogens is 2. The number of pyridine rings is 1. The maximum absolute atomic E-state index is 11.7. The molecule has 0 amide bonds. The van der Waals surface area contributed by atoms with E-state index in [1.807, 2.05) is 30.3 Å². The minimum atomic E-state index is -3.37. The van der Waals surface area contributed by atoms with E-state index < -0.39 is 10.0 Å². The zero-order valence-corrected chi connectivity index (χ0v) is 23.7. The average Bonchev–Trinajstić information content (AvgIpc) is 3.36. The molecule has 5 rings (SSSR count). The molecule has 7 nitrogen and oxygen atoms in total. The molecule has 1 aliphatic rings. The highest BCUT2D eigenvalue weighted by atomic mass is 32.2. The van der Waals surface area contributed by atoms with Crippen LogP contribution in [-0.4, -0.2) is 29.3 Å². The Hall–Kier alpha value is -3.69. The van der Waals surface area contributed by atoms with Gasteiger partial charge in [-0.1, -0.05) is 18.2 Å². The van der Waals surface area contributed by atoms with Gasteiger partial charge in [0.15, 0.2) is 5.11 Å². The summed E-state index contributed by atoms with van der Waals surface area (Å²) in [6.45, 7) is 8.52. The molecule has 0 aliphatic carbocycles. The van der Waals surface area contributed by atoms with E-state index in [2.05, 4.69) is 76.5 Å². The Labute approximate surface area is 229 Å². The molecule has 9 heteroatoms. The average molecular weight is 546 g/mol. The van der Waals surface area contributed by atoms with Crippen molar-refractivity contribution in [3.8, 4) is 5.69 Å². The topological polar surface area (TPSA) is 79.3 Å². The molecule has 2 N–H and O–H groups in total. The molecule has 2 unspecified atom stereocenters. The Morgan fingerprint density at radius 3 is 2.37 bits per heavy atom. The lowest BCUT2D eigenvalue weighted by molar-refractivity contribution is 0.565. The third kappa shape index (κ3) is 4.91. The first-order valence-electron chi connectivity index (χ1n) is 12.4. The summed E-state index contributed by atoms with van der Waals surface area (Å²) in [6, 6.07) is 21.6. The van der Waals surface area contributed by atoms with Crippen molar-refractivity contribution in [1.82, 2.24) is 14.9 Å². The van der Waals surface area contributed by atoms with Gasteiger partial charge in [0.2, 0.25) is 10.0 Å². The van der Waals surface area contributed by atoms with Crippen molar-refractivity contribution in [2.24, 2.45) is 0 Å². The number of benzene rings is 2. The van der Waals surface area contributed by atoms with Crippen LogP contribution < -0.4 is 14.9 Å². The van der Waals surface area contributed by atoms with Gasteiger partial charge in [-0.05, 0) is 105 Å². The fraction of sp³-hybridized carbons (Fsp3) is 0.241. The van der Waals surface area contributed by atoms with Gasteiger partial charge in [0.25, 0.3) is 0 Å². The van der Waals surface area contributed by atoms with Crippen LogP contribution in [0.1, 0.15) is 45.9 Å². The van der Waals surface area contributed by atoms with Crippen molar-refractivity contribution in [1.29, 1.82) is 0 Å². The summed E-state index contributed by atoms with van der Waals surface area (Å²) in [5.74, 6) is 0. The van der Waals surface area contributed by atoms with Crippen LogP contribution in [-0.2, 0) is 10.0 Å². The van der Waals surface area contributed by atoms with E-state index in [1.165, 1.54) is 11.1 Å². The minimum absolute atomic E-state index is 0.170. The molecular formula is C29H31N5O2S2. The second-order valence-electron chi connectivity index (χ2n) is 9.87. The lowest BCUT2D eigenvalue weighted by Gasteiger charge is -2.28. The Morgan fingerprint density at radius 2 is 1.71 bits per heavy atom. The SMILES string of the molecule is Cc1ccc(C)c(-n2c(C)cc(C3C(c4ccccn4)NC(=S)N3c3ccc(NS(C)(=O)=O)cc3)c2C)c1. The molecule has 0 bridgehead atoms. The highest BCUT2D eigenvalue weighted by Crippen LogP contribution is 2.44. The van der Waals surface area contributed by atoms with Gasteiger partial charge >= 0.3 is 0 Å². The first-order valence-corrected chi connectivity index (χ1v) is 14.7. The molecule has 0 radical (unpaired) electrons. The predicted molar refractivity (Wildman–Crippen MR) is 158 cm³/mol. The van der Waals surface area contributed by atoms with Crippen LogP contribution in [0.2, 0.25) is 0 Å². The van der Waals surface area contributed by atoms with E-state index in [0.717, 1.165) is 40.3 Å². The van der Waals surface area contributed by atoms with Crippen LogP contribution in [0.4, 0.5) is 11.4 Å². The lowest BCUT2D eigenvalue weighted by atomic mass is 9.96. The molecule has 2 aromatic carbocycles. The van der Waals surface area contributed by atoms with Gasteiger partial charge in [0.05, 0.1) is 24.0 Å². The van der Waals surface area contributed by atoms with Crippen molar-refractivity contribution in [3.63, 3.8) is 0 Å². The molecule has 1 saturated heterocycles. The number of sulfonamides is 1. The summed E-state index contributed by atoms with van der Waals surface area (Å²) in [6.07, 6.45) is 2.93. The standard InChI is InChI=1S/C29H31N5O2S2/c1-18-9-10-19(2)26(16-18)33-20(3)17-24(21(33)4)28-27(25-8-6-7-15-30-25)31-29(37)34(28)23-13-11-22(12-14-23)32-38(5,35)36/h6-17,27-28,32H,1-5H3,(H,31,37). The molecule has 1 fully saturated rings. The second kappa shape index (κ2) is 9.89. The highest BCUT2D eigenvalue weighted by Gasteiger charge is 2.42. The minimum Gasteiger partial charge on any atom is -0.351 e. The molecular weight excluding hydrogens is 514 g/mol. The van der Waals surface area contributed by atoms with Crippen molar-refractivity contribution in [2.45, 2.75) is 39.8 Å². The number of rotatable bonds is 6. The maximum atomic E-state index is 11.7. The van der Waals surface area contributed by atoms with Crippen LogP contribution in [0, 0.1) is 27.7 Å². The third-order valence-electron chi connectivity index (χ3n) is 6.94. The summed E-state index contributed by atoms with van der Waals surface area (Å²) in [5.41, 5.74) is 9.25. The van der Waals surface area contributed by atoms with Gasteiger partial charge in [-0.15, -0.1) is 0 Å². The predicted octanol–water partition coefficient (Wildman–Crippen LogP) is 5.65. The van der Waals surface area contributed by atoms with Crippen LogP contribution >= 0.6 is 12.2 Å². The number of hydrogen-bond acceptors (Lipinski definition) is 4. The van der Waals surface area contributed by atoms with Gasteiger partial charge in [0, 0.05) is 34.6 Å². The first-order chi connectivity index (χ1) is 18.0. The van der Waals surface area contributed by atoms with Crippen molar-refractivity contribution in [2.75, 3.05) is 15.9 Å². The second-order valence-corrected chi connectivity index (χ2v) is 12.0. The molecule has 38 heavy (non-hydrogen) atoms. The first kappa shape index (κ1) is 25.9. The fourth-order valence-electron chi connectivity index (χ4n) is 5.27. The molecule has 1 aliphatic heterocycles. The number of thiocarbonyl (C=S) groups is 1. The number of nitrogens with zero attached hydrogens (tertiary/aromatic N) is 3. The third-order valence-corrected chi connectivity index (χ3v) is 7.86. The highest BCUT2D eigenvalue weighted by molar-refractivity contribution is 7.92. The van der Waals surface area contributed by atoms with Gasteiger partial charge in [-0.25, -0.2) is 8.42 Å². The van der Waals surface area contributed by atoms with Crippen LogP contribution in [0.3, 0.4) is 0 Å². The van der Waals surface area contributed by atoms with E-state index in [0.29, 0.717) is 10.8 Å². The largest absolute Gasteiger partial charge is 0.351 e. The van der Waals surface area contributed by atoms with Crippen LogP contribution in [0.5, 0.6) is 0 Å².